The summed E-state index contributed by atoms with van der Waals surface area (Å²) in [5.74, 6) is 0.818. The number of esters is 1. The average Bonchev–Trinajstić information content (AvgIpc) is 3.05. The Balaban J connectivity index is 1.68. The predicted octanol–water partition coefficient (Wildman–Crippen LogP) is 1.92. The lowest BCUT2D eigenvalue weighted by atomic mass is 10.1. The molecule has 2 heterocycles. The van der Waals surface area contributed by atoms with Crippen molar-refractivity contribution >= 4 is 23.5 Å². The molecule has 9 nitrogen and oxygen atoms in total. The van der Waals surface area contributed by atoms with Crippen molar-refractivity contribution in [3.63, 3.8) is 0 Å². The molecule has 160 valence electrons. The van der Waals surface area contributed by atoms with Crippen LogP contribution in [0.5, 0.6) is 11.8 Å². The number of hydrogen-bond acceptors (Lipinski definition) is 8. The number of ether oxygens (including phenoxy) is 3. The van der Waals surface area contributed by atoms with E-state index in [4.69, 9.17) is 19.9 Å². The van der Waals surface area contributed by atoms with Gasteiger partial charge in [0.1, 0.15) is 24.0 Å². The number of benzene rings is 1. The van der Waals surface area contributed by atoms with Crippen molar-refractivity contribution in [2.45, 2.75) is 32.6 Å². The molecule has 0 saturated carbocycles. The number of hydrogen-bond donors (Lipinski definition) is 1. The van der Waals surface area contributed by atoms with Gasteiger partial charge in [-0.1, -0.05) is 31.5 Å². The first-order chi connectivity index (χ1) is 14.5. The topological polar surface area (TPSA) is 117 Å². The van der Waals surface area contributed by atoms with E-state index < -0.39 is 0 Å². The third-order valence-corrected chi connectivity index (χ3v) is 4.72. The fourth-order valence-corrected chi connectivity index (χ4v) is 3.09. The van der Waals surface area contributed by atoms with Crippen LogP contribution in [0.15, 0.2) is 24.3 Å². The molecule has 2 aromatic rings. The summed E-state index contributed by atoms with van der Waals surface area (Å²) in [6.07, 6.45) is 2.12. The number of nitrogens with two attached hydrogens (primary N) is 1. The molecular formula is C21H26N4O5. The zero-order chi connectivity index (χ0) is 21.5. The number of carbonyl (C=O) groups is 2. The molecule has 1 aromatic carbocycles. The quantitative estimate of drug-likeness (QED) is 0.463. The van der Waals surface area contributed by atoms with Crippen LogP contribution >= 0.6 is 0 Å². The summed E-state index contributed by atoms with van der Waals surface area (Å²) in [6, 6.07) is 7.39. The zero-order valence-electron chi connectivity index (χ0n) is 17.2. The molecule has 0 bridgehead atoms. The Labute approximate surface area is 175 Å². The van der Waals surface area contributed by atoms with E-state index in [0.29, 0.717) is 23.7 Å². The molecule has 0 fully saturated rings. The highest BCUT2D eigenvalue weighted by Crippen LogP contribution is 2.32. The molecule has 3 rings (SSSR count). The van der Waals surface area contributed by atoms with Gasteiger partial charge in [0.2, 0.25) is 5.91 Å². The Bertz CT molecular complexity index is 918. The van der Waals surface area contributed by atoms with E-state index in [2.05, 4.69) is 16.9 Å². The minimum atomic E-state index is -0.350. The van der Waals surface area contributed by atoms with Crippen LogP contribution in [-0.4, -0.2) is 48.7 Å². The van der Waals surface area contributed by atoms with Crippen LogP contribution in [0.25, 0.3) is 0 Å². The lowest BCUT2D eigenvalue weighted by molar-refractivity contribution is -0.139. The molecule has 1 aliphatic heterocycles. The normalized spacial score (nSPS) is 12.6. The smallest absolute Gasteiger partial charge is 0.320 e. The number of anilines is 2. The lowest BCUT2D eigenvalue weighted by Gasteiger charge is -2.18. The highest BCUT2D eigenvalue weighted by atomic mass is 16.5. The molecule has 1 amide bonds. The van der Waals surface area contributed by atoms with Crippen LogP contribution in [0.1, 0.15) is 30.9 Å². The van der Waals surface area contributed by atoms with Crippen molar-refractivity contribution in [1.29, 1.82) is 0 Å². The van der Waals surface area contributed by atoms with Crippen LogP contribution in [0.3, 0.4) is 0 Å². The number of unbranched alkanes of at least 4 members (excludes halogenated alkanes) is 1. The Morgan fingerprint density at radius 1 is 1.20 bits per heavy atom. The number of para-hydroxylation sites is 1. The molecule has 9 heteroatoms. The highest BCUT2D eigenvalue weighted by Gasteiger charge is 2.32. The molecular weight excluding hydrogens is 388 g/mol. The number of nitrogens with zero attached hydrogens (tertiary/aromatic N) is 3. The summed E-state index contributed by atoms with van der Waals surface area (Å²) < 4.78 is 16.1. The monoisotopic (exact) mass is 414 g/mol. The zero-order valence-corrected chi connectivity index (χ0v) is 17.2. The molecule has 0 spiro atoms. The average molecular weight is 414 g/mol. The van der Waals surface area contributed by atoms with Gasteiger partial charge in [-0.15, -0.1) is 0 Å². The molecule has 0 atom stereocenters. The number of methoxy groups -OCH3 is 1. The third kappa shape index (κ3) is 4.97. The number of nitrogen functional groups attached to an aromatic ring is 1. The number of carbonyl (C=O) groups excluding carboxylic acids is 2. The second kappa shape index (κ2) is 9.91. The summed E-state index contributed by atoms with van der Waals surface area (Å²) in [7, 11) is 1.34. The van der Waals surface area contributed by atoms with Crippen LogP contribution in [0.2, 0.25) is 0 Å². The minimum absolute atomic E-state index is 0.111. The standard InChI is InChI=1S/C21H26N4O5/c1-3-4-10-30-21-23-19(22)15-13-17(26)25(20(15)24-21)9-11-29-16-8-6-5-7-14(16)12-18(27)28-2/h5-8H,3-4,9-13H2,1-2H3,(H2,22,23,24). The predicted molar refractivity (Wildman–Crippen MR) is 111 cm³/mol. The first-order valence-electron chi connectivity index (χ1n) is 9.90. The second-order valence-corrected chi connectivity index (χ2v) is 6.83. The van der Waals surface area contributed by atoms with Crippen molar-refractivity contribution in [3.8, 4) is 11.8 Å². The number of rotatable bonds is 10. The van der Waals surface area contributed by atoms with Crippen molar-refractivity contribution < 1.29 is 23.8 Å². The second-order valence-electron chi connectivity index (χ2n) is 6.83. The van der Waals surface area contributed by atoms with Gasteiger partial charge in [0, 0.05) is 11.1 Å². The summed E-state index contributed by atoms with van der Waals surface area (Å²) in [4.78, 5) is 34.1. The van der Waals surface area contributed by atoms with E-state index in [-0.39, 0.29) is 49.7 Å². The summed E-state index contributed by atoms with van der Waals surface area (Å²) in [6.45, 7) is 3.05. The van der Waals surface area contributed by atoms with Crippen LogP contribution in [0, 0.1) is 0 Å². The van der Waals surface area contributed by atoms with Gasteiger partial charge in [0.25, 0.3) is 0 Å². The molecule has 0 unspecified atom stereocenters. The fourth-order valence-electron chi connectivity index (χ4n) is 3.09. The third-order valence-electron chi connectivity index (χ3n) is 4.72. The first-order valence-corrected chi connectivity index (χ1v) is 9.90. The van der Waals surface area contributed by atoms with Gasteiger partial charge in [-0.3, -0.25) is 14.5 Å². The van der Waals surface area contributed by atoms with E-state index >= 15 is 0 Å². The van der Waals surface area contributed by atoms with Crippen LogP contribution < -0.4 is 20.1 Å². The first kappa shape index (κ1) is 21.4. The molecule has 0 aliphatic carbocycles. The van der Waals surface area contributed by atoms with Crippen LogP contribution in [-0.2, 0) is 27.2 Å². The van der Waals surface area contributed by atoms with Gasteiger partial charge in [-0.25, -0.2) is 0 Å². The molecule has 2 N–H and O–H groups in total. The summed E-state index contributed by atoms with van der Waals surface area (Å²) >= 11 is 0. The van der Waals surface area contributed by atoms with Gasteiger partial charge < -0.3 is 19.9 Å². The molecule has 0 saturated heterocycles. The fraction of sp³-hybridized carbons (Fsp3) is 0.429. The van der Waals surface area contributed by atoms with Gasteiger partial charge in [0.15, 0.2) is 0 Å². The number of fused-ring (bicyclic) bond motifs is 1. The Morgan fingerprint density at radius 2 is 2.00 bits per heavy atom. The Hall–Kier alpha value is -3.36. The van der Waals surface area contributed by atoms with E-state index in [1.807, 2.05) is 12.1 Å². The highest BCUT2D eigenvalue weighted by molar-refractivity contribution is 6.01. The van der Waals surface area contributed by atoms with Gasteiger partial charge >= 0.3 is 12.0 Å². The molecule has 0 radical (unpaired) electrons. The van der Waals surface area contributed by atoms with Gasteiger partial charge in [-0.05, 0) is 12.5 Å². The maximum atomic E-state index is 12.5. The van der Waals surface area contributed by atoms with E-state index in [1.165, 1.54) is 12.0 Å². The van der Waals surface area contributed by atoms with Crippen molar-refractivity contribution in [2.24, 2.45) is 0 Å². The van der Waals surface area contributed by atoms with E-state index in [0.717, 1.165) is 18.4 Å². The van der Waals surface area contributed by atoms with E-state index in [9.17, 15) is 9.59 Å². The summed E-state index contributed by atoms with van der Waals surface area (Å²) in [5.41, 5.74) is 7.34. The molecule has 30 heavy (non-hydrogen) atoms. The number of aromatic nitrogens is 2. The van der Waals surface area contributed by atoms with Crippen LogP contribution in [0.4, 0.5) is 11.6 Å². The molecule has 1 aromatic heterocycles. The van der Waals surface area contributed by atoms with Crippen molar-refractivity contribution in [3.05, 3.63) is 35.4 Å². The largest absolute Gasteiger partial charge is 0.491 e. The Kier molecular flexibility index (Phi) is 7.05. The van der Waals surface area contributed by atoms with Gasteiger partial charge in [0.05, 0.1) is 33.1 Å². The van der Waals surface area contributed by atoms with Crippen molar-refractivity contribution in [2.75, 3.05) is 37.5 Å². The number of amides is 1. The lowest BCUT2D eigenvalue weighted by Crippen LogP contribution is -2.32. The SMILES string of the molecule is CCCCOc1nc(N)c2c(n1)N(CCOc1ccccc1CC(=O)OC)C(=O)C2. The minimum Gasteiger partial charge on any atom is -0.491 e. The Morgan fingerprint density at radius 3 is 2.77 bits per heavy atom. The van der Waals surface area contributed by atoms with Crippen molar-refractivity contribution in [1.82, 2.24) is 9.97 Å². The van der Waals surface area contributed by atoms with Gasteiger partial charge in [-0.2, -0.15) is 9.97 Å². The summed E-state index contributed by atoms with van der Waals surface area (Å²) in [5, 5.41) is 0. The maximum absolute atomic E-state index is 12.5. The van der Waals surface area contributed by atoms with E-state index in [1.54, 1.807) is 12.1 Å². The maximum Gasteiger partial charge on any atom is 0.320 e. The molecule has 1 aliphatic rings.